The summed E-state index contributed by atoms with van der Waals surface area (Å²) < 4.78 is 0. The molecule has 2 heteroatoms. The second kappa shape index (κ2) is 12.0. The highest BCUT2D eigenvalue weighted by Gasteiger charge is 2.45. The van der Waals surface area contributed by atoms with Crippen molar-refractivity contribution in [2.75, 3.05) is 0 Å². The average molecular weight is 625 g/mol. The Hall–Kier alpha value is -6.38. The smallest absolute Gasteiger partial charge is 0.160 e. The molecule has 0 radical (unpaired) electrons. The van der Waals surface area contributed by atoms with E-state index in [1.165, 1.54) is 44.5 Å². The quantitative estimate of drug-likeness (QED) is 0.184. The van der Waals surface area contributed by atoms with Gasteiger partial charge in [0.2, 0.25) is 0 Å². The van der Waals surface area contributed by atoms with E-state index in [-0.39, 0.29) is 0 Å². The summed E-state index contributed by atoms with van der Waals surface area (Å²) in [6, 6.07) is 69.2. The van der Waals surface area contributed by atoms with Crippen LogP contribution >= 0.6 is 0 Å². The van der Waals surface area contributed by atoms with Gasteiger partial charge in [-0.15, -0.1) is 0 Å². The third-order valence-electron chi connectivity index (χ3n) is 9.80. The minimum Gasteiger partial charge on any atom is -0.228 e. The minimum atomic E-state index is -0.476. The summed E-state index contributed by atoms with van der Waals surface area (Å²) in [5.74, 6) is 0.708. The number of nitrogens with zero attached hydrogens (tertiary/aromatic N) is 2. The topological polar surface area (TPSA) is 25.8 Å². The molecule has 1 aliphatic carbocycles. The first-order chi connectivity index (χ1) is 24.3. The van der Waals surface area contributed by atoms with Gasteiger partial charge in [-0.25, -0.2) is 9.97 Å². The standard InChI is InChI=1S/C47H32N2/c1-4-15-33(16-5-1)34-27-29-35(30-28-34)44-32-45(49-46(48-44)36-17-6-2-7-18-36)37-19-14-22-39(31-37)47(38-20-8-3-9-21-38)42-25-12-10-23-40(42)41-24-11-13-26-43(41)47/h1-32H. The third kappa shape index (κ3) is 4.89. The van der Waals surface area contributed by atoms with Gasteiger partial charge in [0.05, 0.1) is 16.8 Å². The van der Waals surface area contributed by atoms with E-state index in [1.54, 1.807) is 0 Å². The van der Waals surface area contributed by atoms with Crippen molar-refractivity contribution < 1.29 is 0 Å². The van der Waals surface area contributed by atoms with E-state index in [9.17, 15) is 0 Å². The maximum absolute atomic E-state index is 5.21. The maximum atomic E-state index is 5.21. The van der Waals surface area contributed by atoms with Crippen LogP contribution in [-0.4, -0.2) is 9.97 Å². The van der Waals surface area contributed by atoms with Crippen molar-refractivity contribution >= 4 is 0 Å². The summed E-state index contributed by atoms with van der Waals surface area (Å²) in [5, 5.41) is 0. The molecule has 8 aromatic rings. The zero-order chi connectivity index (χ0) is 32.6. The Morgan fingerprint density at radius 2 is 0.755 bits per heavy atom. The van der Waals surface area contributed by atoms with Crippen molar-refractivity contribution in [2.24, 2.45) is 0 Å². The van der Waals surface area contributed by atoms with Gasteiger partial charge >= 0.3 is 0 Å². The molecule has 7 aromatic carbocycles. The van der Waals surface area contributed by atoms with Crippen LogP contribution in [0.3, 0.4) is 0 Å². The molecule has 0 spiro atoms. The molecule has 0 unspecified atom stereocenters. The van der Waals surface area contributed by atoms with E-state index < -0.39 is 5.41 Å². The highest BCUT2D eigenvalue weighted by Crippen LogP contribution is 2.56. The number of hydrogen-bond acceptors (Lipinski definition) is 2. The number of fused-ring (bicyclic) bond motifs is 3. The molecule has 0 atom stereocenters. The van der Waals surface area contributed by atoms with Crippen LogP contribution in [0.1, 0.15) is 22.3 Å². The van der Waals surface area contributed by atoms with Crippen LogP contribution in [0, 0.1) is 0 Å². The van der Waals surface area contributed by atoms with E-state index in [2.05, 4.69) is 170 Å². The maximum Gasteiger partial charge on any atom is 0.160 e. The van der Waals surface area contributed by atoms with Gasteiger partial charge in [0.15, 0.2) is 5.82 Å². The van der Waals surface area contributed by atoms with Crippen LogP contribution in [0.4, 0.5) is 0 Å². The molecule has 0 saturated carbocycles. The molecule has 0 N–H and O–H groups in total. The number of aromatic nitrogens is 2. The number of hydrogen-bond donors (Lipinski definition) is 0. The van der Waals surface area contributed by atoms with Crippen LogP contribution in [0.15, 0.2) is 194 Å². The molecule has 0 bridgehead atoms. The van der Waals surface area contributed by atoms with Gasteiger partial charge in [-0.1, -0.05) is 182 Å². The number of rotatable bonds is 6. The van der Waals surface area contributed by atoms with E-state index >= 15 is 0 Å². The van der Waals surface area contributed by atoms with Crippen LogP contribution in [0.2, 0.25) is 0 Å². The summed E-state index contributed by atoms with van der Waals surface area (Å²) in [5.41, 5.74) is 14.4. The minimum absolute atomic E-state index is 0.476. The average Bonchev–Trinajstić information content (AvgIpc) is 3.50. The van der Waals surface area contributed by atoms with E-state index in [0.717, 1.165) is 28.1 Å². The molecule has 0 aliphatic heterocycles. The number of benzene rings is 7. The van der Waals surface area contributed by atoms with E-state index in [4.69, 9.17) is 9.97 Å². The Kier molecular flexibility index (Phi) is 7.06. The monoisotopic (exact) mass is 624 g/mol. The second-order valence-electron chi connectivity index (χ2n) is 12.6. The molecule has 230 valence electrons. The van der Waals surface area contributed by atoms with Crippen LogP contribution in [0.25, 0.3) is 56.2 Å². The molecule has 0 fully saturated rings. The van der Waals surface area contributed by atoms with Crippen LogP contribution in [-0.2, 0) is 5.41 Å². The van der Waals surface area contributed by atoms with Gasteiger partial charge in [-0.3, -0.25) is 0 Å². The Morgan fingerprint density at radius 1 is 0.306 bits per heavy atom. The zero-order valence-electron chi connectivity index (χ0n) is 26.9. The summed E-state index contributed by atoms with van der Waals surface area (Å²) in [6.07, 6.45) is 0. The first-order valence-electron chi connectivity index (χ1n) is 16.8. The Balaban J connectivity index is 1.23. The Morgan fingerprint density at radius 3 is 1.39 bits per heavy atom. The lowest BCUT2D eigenvalue weighted by Crippen LogP contribution is -2.28. The van der Waals surface area contributed by atoms with Gasteiger partial charge < -0.3 is 0 Å². The van der Waals surface area contributed by atoms with E-state index in [1.807, 2.05) is 24.3 Å². The summed E-state index contributed by atoms with van der Waals surface area (Å²) in [6.45, 7) is 0. The second-order valence-corrected chi connectivity index (χ2v) is 12.6. The zero-order valence-corrected chi connectivity index (χ0v) is 26.9. The Labute approximate surface area is 287 Å². The fourth-order valence-electron chi connectivity index (χ4n) is 7.55. The van der Waals surface area contributed by atoms with Gasteiger partial charge in [0, 0.05) is 16.7 Å². The van der Waals surface area contributed by atoms with E-state index in [0.29, 0.717) is 5.82 Å². The van der Waals surface area contributed by atoms with Crippen molar-refractivity contribution in [3.05, 3.63) is 216 Å². The normalized spacial score (nSPS) is 12.7. The molecule has 0 amide bonds. The molecular formula is C47H32N2. The van der Waals surface area contributed by atoms with Crippen molar-refractivity contribution in [3.63, 3.8) is 0 Å². The summed E-state index contributed by atoms with van der Waals surface area (Å²) in [4.78, 5) is 10.3. The van der Waals surface area contributed by atoms with Crippen molar-refractivity contribution in [2.45, 2.75) is 5.41 Å². The Bertz CT molecular complexity index is 2370. The van der Waals surface area contributed by atoms with Crippen molar-refractivity contribution in [3.8, 4) is 56.2 Å². The highest BCUT2D eigenvalue weighted by molar-refractivity contribution is 5.87. The fraction of sp³-hybridized carbons (Fsp3) is 0.0213. The lowest BCUT2D eigenvalue weighted by Gasteiger charge is -2.34. The molecule has 2 nitrogen and oxygen atoms in total. The SMILES string of the molecule is c1ccc(-c2ccc(-c3cc(-c4cccc(C5(c6ccccc6)c6ccccc6-c6ccccc65)c4)nc(-c4ccccc4)n3)cc2)cc1. The molecule has 0 saturated heterocycles. The molecule has 1 aromatic heterocycles. The lowest BCUT2D eigenvalue weighted by molar-refractivity contribution is 0.768. The fourth-order valence-corrected chi connectivity index (χ4v) is 7.55. The molecule has 1 aliphatic rings. The van der Waals surface area contributed by atoms with Crippen LogP contribution in [0.5, 0.6) is 0 Å². The van der Waals surface area contributed by atoms with Crippen molar-refractivity contribution in [1.82, 2.24) is 9.97 Å². The first-order valence-corrected chi connectivity index (χ1v) is 16.8. The predicted octanol–water partition coefficient (Wildman–Crippen LogP) is 11.5. The van der Waals surface area contributed by atoms with Gasteiger partial charge in [-0.2, -0.15) is 0 Å². The van der Waals surface area contributed by atoms with Gasteiger partial charge in [-0.05, 0) is 56.6 Å². The van der Waals surface area contributed by atoms with Gasteiger partial charge in [0.25, 0.3) is 0 Å². The highest BCUT2D eigenvalue weighted by atomic mass is 14.9. The third-order valence-corrected chi connectivity index (χ3v) is 9.80. The largest absolute Gasteiger partial charge is 0.228 e. The summed E-state index contributed by atoms with van der Waals surface area (Å²) in [7, 11) is 0. The van der Waals surface area contributed by atoms with Crippen molar-refractivity contribution in [1.29, 1.82) is 0 Å². The predicted molar refractivity (Wildman–Crippen MR) is 201 cm³/mol. The molecule has 9 rings (SSSR count). The molecule has 49 heavy (non-hydrogen) atoms. The van der Waals surface area contributed by atoms with Crippen LogP contribution < -0.4 is 0 Å². The van der Waals surface area contributed by atoms with Gasteiger partial charge in [0.1, 0.15) is 0 Å². The molecule has 1 heterocycles. The lowest BCUT2D eigenvalue weighted by atomic mass is 9.67. The molecular weight excluding hydrogens is 593 g/mol. The summed E-state index contributed by atoms with van der Waals surface area (Å²) >= 11 is 0. The first kappa shape index (κ1) is 28.8.